The predicted octanol–water partition coefficient (Wildman–Crippen LogP) is 8.79. The third-order valence-corrected chi connectivity index (χ3v) is 13.7. The van der Waals surface area contributed by atoms with Crippen LogP contribution in [0.1, 0.15) is 41.5 Å². The summed E-state index contributed by atoms with van der Waals surface area (Å²) in [6.45, 7) is 18.4. The van der Waals surface area contributed by atoms with Gasteiger partial charge in [-0.05, 0) is 92.1 Å². The molecule has 0 spiro atoms. The Morgan fingerprint density at radius 1 is 0.515 bits per heavy atom. The lowest BCUT2D eigenvalue weighted by Gasteiger charge is -2.21. The Morgan fingerprint density at radius 3 is 0.909 bits per heavy atom. The van der Waals surface area contributed by atoms with E-state index in [0.29, 0.717) is 0 Å². The third-order valence-electron chi connectivity index (χ3n) is 4.55. The molecular weight excluding hydrogens is 583 g/mol. The fourth-order valence-electron chi connectivity index (χ4n) is 2.54. The van der Waals surface area contributed by atoms with Gasteiger partial charge in [-0.2, -0.15) is 0 Å². The molecule has 0 aliphatic carbocycles. The summed E-state index contributed by atoms with van der Waals surface area (Å²) in [4.78, 5) is 10.2. The van der Waals surface area contributed by atoms with Crippen molar-refractivity contribution in [2.45, 2.75) is 56.2 Å². The summed E-state index contributed by atoms with van der Waals surface area (Å²) < 4.78 is 2.77. The zero-order valence-electron chi connectivity index (χ0n) is 20.0. The molecule has 0 aliphatic rings. The van der Waals surface area contributed by atoms with Gasteiger partial charge in [0.25, 0.3) is 0 Å². The van der Waals surface area contributed by atoms with E-state index in [4.69, 9.17) is 36.7 Å². The summed E-state index contributed by atoms with van der Waals surface area (Å²) in [5.41, 5.74) is 0. The highest BCUT2D eigenvalue weighted by atomic mass is 33.1. The van der Waals surface area contributed by atoms with Crippen molar-refractivity contribution in [3.63, 3.8) is 0 Å². The Morgan fingerprint density at radius 2 is 0.727 bits per heavy atom. The van der Waals surface area contributed by atoms with Crippen LogP contribution in [0, 0.1) is 0 Å². The van der Waals surface area contributed by atoms with Crippen LogP contribution in [0.5, 0.6) is 0 Å². The molecule has 0 fully saturated rings. The largest absolute Gasteiger partial charge is 0.357 e. The SMILES string of the molecule is CCN(CC)C(=S)SSc1cc(SSC(=S)N(CC)CC)cc(SSC(=S)N(CC)CC)c1. The highest BCUT2D eigenvalue weighted by molar-refractivity contribution is 8.84. The molecule has 0 N–H and O–H groups in total. The number of hydrogen-bond donors (Lipinski definition) is 0. The Labute approximate surface area is 240 Å². The molecule has 0 amide bonds. The van der Waals surface area contributed by atoms with Gasteiger partial charge in [0.15, 0.2) is 0 Å². The zero-order chi connectivity index (χ0) is 24.8. The second-order valence-electron chi connectivity index (χ2n) is 6.45. The van der Waals surface area contributed by atoms with Crippen molar-refractivity contribution in [1.82, 2.24) is 14.7 Å². The number of thiocarbonyl (C=S) groups is 3. The lowest BCUT2D eigenvalue weighted by atomic mass is 10.4. The van der Waals surface area contributed by atoms with Crippen LogP contribution in [0.4, 0.5) is 0 Å². The third kappa shape index (κ3) is 11.7. The van der Waals surface area contributed by atoms with Crippen LogP contribution in [-0.4, -0.2) is 66.9 Å². The van der Waals surface area contributed by atoms with Gasteiger partial charge in [-0.1, -0.05) is 69.0 Å². The Balaban J connectivity index is 2.98. The average molecular weight is 616 g/mol. The first-order valence-electron chi connectivity index (χ1n) is 10.9. The minimum Gasteiger partial charge on any atom is -0.357 e. The lowest BCUT2D eigenvalue weighted by Crippen LogP contribution is -2.26. The normalized spacial score (nSPS) is 10.7. The fraction of sp³-hybridized carbons (Fsp3) is 0.571. The number of hydrogen-bond acceptors (Lipinski definition) is 9. The maximum absolute atomic E-state index is 5.62. The van der Waals surface area contributed by atoms with Crippen LogP contribution in [0.15, 0.2) is 32.9 Å². The Kier molecular flexibility index (Phi) is 17.7. The number of nitrogens with zero attached hydrogens (tertiary/aromatic N) is 3. The maximum atomic E-state index is 5.62. The van der Waals surface area contributed by atoms with Crippen molar-refractivity contribution >= 4 is 114 Å². The lowest BCUT2D eigenvalue weighted by molar-refractivity contribution is 0.482. The molecule has 0 bridgehead atoms. The Hall–Kier alpha value is 0.990. The van der Waals surface area contributed by atoms with E-state index >= 15 is 0 Å². The van der Waals surface area contributed by atoms with E-state index in [-0.39, 0.29) is 0 Å². The van der Waals surface area contributed by atoms with Gasteiger partial charge >= 0.3 is 0 Å². The second kappa shape index (κ2) is 18.3. The van der Waals surface area contributed by atoms with Crippen LogP contribution >= 0.6 is 101 Å². The minimum absolute atomic E-state index is 0.923. The molecule has 0 heterocycles. The van der Waals surface area contributed by atoms with E-state index in [9.17, 15) is 0 Å². The molecule has 0 aromatic heterocycles. The second-order valence-corrected chi connectivity index (χ2v) is 15.0. The molecule has 1 aromatic rings. The van der Waals surface area contributed by atoms with Crippen molar-refractivity contribution in [1.29, 1.82) is 0 Å². The van der Waals surface area contributed by atoms with Crippen LogP contribution in [-0.2, 0) is 0 Å². The van der Waals surface area contributed by atoms with Gasteiger partial charge in [-0.15, -0.1) is 0 Å². The van der Waals surface area contributed by atoms with Crippen LogP contribution in [0.3, 0.4) is 0 Å². The maximum Gasteiger partial charge on any atom is 0.147 e. The summed E-state index contributed by atoms with van der Waals surface area (Å²) in [6, 6.07) is 6.67. The molecule has 0 saturated carbocycles. The van der Waals surface area contributed by atoms with Crippen LogP contribution in [0.2, 0.25) is 0 Å². The highest BCUT2D eigenvalue weighted by Crippen LogP contribution is 2.43. The first-order chi connectivity index (χ1) is 15.8. The van der Waals surface area contributed by atoms with Crippen molar-refractivity contribution in [3.8, 4) is 0 Å². The standard InChI is InChI=1S/C21H33N3S9/c1-7-22(8-2)19(25)31-28-16-13-17(29-32-20(26)23(9-3)10-4)15-18(14-16)30-33-21(27)24(11-5)12-6/h13-15H,7-12H2,1-6H3. The molecule has 1 rings (SSSR count). The van der Waals surface area contributed by atoms with Crippen molar-refractivity contribution in [3.05, 3.63) is 18.2 Å². The number of benzene rings is 1. The summed E-state index contributed by atoms with van der Waals surface area (Å²) >= 11 is 16.9. The highest BCUT2D eigenvalue weighted by Gasteiger charge is 2.13. The molecule has 33 heavy (non-hydrogen) atoms. The molecule has 12 heteroatoms. The topological polar surface area (TPSA) is 9.72 Å². The quantitative estimate of drug-likeness (QED) is 0.164. The van der Waals surface area contributed by atoms with E-state index in [1.54, 1.807) is 64.8 Å². The summed E-state index contributed by atoms with van der Waals surface area (Å²) in [5, 5.41) is 0. The molecule has 3 nitrogen and oxygen atoms in total. The van der Waals surface area contributed by atoms with E-state index in [1.807, 2.05) is 0 Å². The minimum atomic E-state index is 0.923. The molecule has 0 atom stereocenters. The van der Waals surface area contributed by atoms with Gasteiger partial charge in [0.1, 0.15) is 13.0 Å². The molecule has 0 unspecified atom stereocenters. The van der Waals surface area contributed by atoms with Gasteiger partial charge in [0, 0.05) is 54.0 Å². The zero-order valence-corrected chi connectivity index (χ0v) is 27.3. The van der Waals surface area contributed by atoms with E-state index in [0.717, 1.165) is 52.2 Å². The average Bonchev–Trinajstić information content (AvgIpc) is 2.82. The predicted molar refractivity (Wildman–Crippen MR) is 173 cm³/mol. The van der Waals surface area contributed by atoms with Crippen molar-refractivity contribution in [2.24, 2.45) is 0 Å². The summed E-state index contributed by atoms with van der Waals surface area (Å²) in [7, 11) is 10.1. The van der Waals surface area contributed by atoms with Crippen molar-refractivity contribution < 1.29 is 0 Å². The number of rotatable bonds is 12. The van der Waals surface area contributed by atoms with Crippen LogP contribution in [0.25, 0.3) is 0 Å². The molecule has 186 valence electrons. The Bertz CT molecular complexity index is 651. The first-order valence-corrected chi connectivity index (χ1v) is 18.6. The van der Waals surface area contributed by atoms with E-state index < -0.39 is 0 Å². The van der Waals surface area contributed by atoms with Gasteiger partial charge in [0.2, 0.25) is 0 Å². The van der Waals surface area contributed by atoms with Crippen LogP contribution < -0.4 is 0 Å². The molecule has 1 aromatic carbocycles. The smallest absolute Gasteiger partial charge is 0.147 e. The first kappa shape index (κ1) is 32.0. The van der Waals surface area contributed by atoms with Gasteiger partial charge in [0.05, 0.1) is 0 Å². The van der Waals surface area contributed by atoms with Gasteiger partial charge in [-0.25, -0.2) is 0 Å². The van der Waals surface area contributed by atoms with Crippen molar-refractivity contribution in [2.75, 3.05) is 39.3 Å². The van der Waals surface area contributed by atoms with Gasteiger partial charge < -0.3 is 14.7 Å². The molecule has 0 aliphatic heterocycles. The summed E-state index contributed by atoms with van der Waals surface area (Å²) in [6.07, 6.45) is 0. The van der Waals surface area contributed by atoms with E-state index in [2.05, 4.69) is 74.4 Å². The van der Waals surface area contributed by atoms with Gasteiger partial charge in [-0.3, -0.25) is 0 Å². The van der Waals surface area contributed by atoms with E-state index in [1.165, 1.54) is 14.7 Å². The molecule has 0 saturated heterocycles. The molecule has 0 radical (unpaired) electrons. The fourth-order valence-corrected chi connectivity index (χ4v) is 10.4. The summed E-state index contributed by atoms with van der Waals surface area (Å²) in [5.74, 6) is 0. The monoisotopic (exact) mass is 615 g/mol. The molecular formula is C21H33N3S9.